The number of benzene rings is 2. The highest BCUT2D eigenvalue weighted by molar-refractivity contribution is 6.03. The van der Waals surface area contributed by atoms with Crippen LogP contribution in [0.3, 0.4) is 0 Å². The minimum atomic E-state index is -0.942. The van der Waals surface area contributed by atoms with Gasteiger partial charge in [-0.25, -0.2) is 28.1 Å². The summed E-state index contributed by atoms with van der Waals surface area (Å²) in [5, 5.41) is 5.48. The lowest BCUT2D eigenvalue weighted by atomic mass is 10.1. The van der Waals surface area contributed by atoms with Crippen molar-refractivity contribution < 1.29 is 9.59 Å². The van der Waals surface area contributed by atoms with Crippen LogP contribution in [0.15, 0.2) is 94.3 Å². The van der Waals surface area contributed by atoms with E-state index in [0.717, 1.165) is 14.7 Å². The van der Waals surface area contributed by atoms with Crippen molar-refractivity contribution in [1.82, 2.24) is 19.0 Å². The van der Waals surface area contributed by atoms with E-state index in [1.165, 1.54) is 18.2 Å². The van der Waals surface area contributed by atoms with E-state index in [1.807, 2.05) is 37.3 Å². The molecule has 0 saturated heterocycles. The average molecular weight is 490 g/mol. The van der Waals surface area contributed by atoms with Gasteiger partial charge in [-0.3, -0.25) is 9.59 Å². The van der Waals surface area contributed by atoms with Gasteiger partial charge in [-0.15, -0.1) is 13.2 Å². The Morgan fingerprint density at radius 3 is 1.94 bits per heavy atom. The fourth-order valence-electron chi connectivity index (χ4n) is 3.61. The van der Waals surface area contributed by atoms with Crippen LogP contribution in [-0.2, 0) is 24.4 Å². The van der Waals surface area contributed by atoms with Crippen molar-refractivity contribution >= 4 is 17.5 Å². The van der Waals surface area contributed by atoms with Crippen LogP contribution in [0.1, 0.15) is 28.9 Å². The van der Waals surface area contributed by atoms with Crippen LogP contribution in [-0.4, -0.2) is 25.5 Å². The Balaban J connectivity index is 1.86. The SMILES string of the molecule is C=CCn1c(=O)n(CC=C)c(=O)n(CC(=O)Nc2ccccc2C(=O)NC(C)c2ccccc2)c1=O. The molecule has 1 atom stereocenters. The smallest absolute Gasteiger partial charge is 0.337 e. The van der Waals surface area contributed by atoms with Crippen molar-refractivity contribution in [3.63, 3.8) is 0 Å². The first-order valence-corrected chi connectivity index (χ1v) is 11.2. The summed E-state index contributed by atoms with van der Waals surface area (Å²) in [5.41, 5.74) is -1.37. The van der Waals surface area contributed by atoms with Crippen molar-refractivity contribution in [2.45, 2.75) is 32.6 Å². The molecule has 0 fully saturated rings. The third-order valence-corrected chi connectivity index (χ3v) is 5.40. The number of aromatic nitrogens is 3. The molecule has 0 saturated carbocycles. The lowest BCUT2D eigenvalue weighted by Crippen LogP contribution is -2.55. The molecule has 2 aromatic carbocycles. The lowest BCUT2D eigenvalue weighted by molar-refractivity contribution is -0.116. The van der Waals surface area contributed by atoms with Crippen LogP contribution >= 0.6 is 0 Å². The zero-order valence-electron chi connectivity index (χ0n) is 19.8. The van der Waals surface area contributed by atoms with E-state index >= 15 is 0 Å². The number of amides is 2. The number of nitrogens with one attached hydrogen (secondary N) is 2. The molecule has 1 unspecified atom stereocenters. The van der Waals surface area contributed by atoms with Gasteiger partial charge in [-0.2, -0.15) is 0 Å². The van der Waals surface area contributed by atoms with E-state index in [2.05, 4.69) is 23.8 Å². The highest BCUT2D eigenvalue weighted by Gasteiger charge is 2.19. The number of hydrogen-bond acceptors (Lipinski definition) is 5. The number of carbonyl (C=O) groups excluding carboxylic acids is 2. The zero-order valence-corrected chi connectivity index (χ0v) is 19.8. The fourth-order valence-corrected chi connectivity index (χ4v) is 3.61. The van der Waals surface area contributed by atoms with Gasteiger partial charge in [-0.05, 0) is 24.6 Å². The summed E-state index contributed by atoms with van der Waals surface area (Å²) >= 11 is 0. The predicted octanol–water partition coefficient (Wildman–Crippen LogP) is 1.67. The van der Waals surface area contributed by atoms with Crippen LogP contribution in [0.5, 0.6) is 0 Å². The first kappa shape index (κ1) is 25.9. The zero-order chi connectivity index (χ0) is 26.2. The van der Waals surface area contributed by atoms with E-state index < -0.39 is 35.4 Å². The van der Waals surface area contributed by atoms with Crippen LogP contribution in [0.2, 0.25) is 0 Å². The Labute approximate surface area is 206 Å². The summed E-state index contributed by atoms with van der Waals surface area (Å²) in [6.45, 7) is 7.93. The van der Waals surface area contributed by atoms with Crippen LogP contribution in [0.25, 0.3) is 0 Å². The van der Waals surface area contributed by atoms with Gasteiger partial charge in [0.1, 0.15) is 6.54 Å². The Hall–Kier alpha value is -4.73. The fraction of sp³-hybridized carbons (Fsp3) is 0.192. The lowest BCUT2D eigenvalue weighted by Gasteiger charge is -2.17. The predicted molar refractivity (Wildman–Crippen MR) is 137 cm³/mol. The Morgan fingerprint density at radius 1 is 0.833 bits per heavy atom. The molecule has 0 radical (unpaired) electrons. The highest BCUT2D eigenvalue weighted by Crippen LogP contribution is 2.18. The molecule has 3 aromatic rings. The number of carbonyl (C=O) groups is 2. The number of hydrogen-bond donors (Lipinski definition) is 2. The molecule has 10 nitrogen and oxygen atoms in total. The van der Waals surface area contributed by atoms with Crippen molar-refractivity contribution in [3.05, 3.63) is 122 Å². The molecule has 0 aliphatic rings. The molecule has 0 aliphatic carbocycles. The Bertz CT molecular complexity index is 1420. The summed E-state index contributed by atoms with van der Waals surface area (Å²) in [6.07, 6.45) is 2.67. The molecular formula is C26H27N5O5. The van der Waals surface area contributed by atoms with Crippen molar-refractivity contribution in [3.8, 4) is 0 Å². The molecule has 1 heterocycles. The number of anilines is 1. The van der Waals surface area contributed by atoms with Gasteiger partial charge in [0.15, 0.2) is 0 Å². The number of allylic oxidation sites excluding steroid dienone is 2. The van der Waals surface area contributed by atoms with E-state index in [4.69, 9.17) is 0 Å². The standard InChI is InChI=1S/C26H27N5O5/c1-4-15-29-24(34)30(16-5-2)26(36)31(25(29)35)17-22(32)28-21-14-10-9-13-20(21)23(33)27-18(3)19-11-7-6-8-12-19/h4-14,18H,1-2,15-17H2,3H3,(H,27,33)(H,28,32). The Morgan fingerprint density at radius 2 is 1.36 bits per heavy atom. The molecule has 2 N–H and O–H groups in total. The average Bonchev–Trinajstić information content (AvgIpc) is 2.88. The van der Waals surface area contributed by atoms with Gasteiger partial charge in [0.05, 0.1) is 30.4 Å². The summed E-state index contributed by atoms with van der Waals surface area (Å²) < 4.78 is 2.26. The van der Waals surface area contributed by atoms with Gasteiger partial charge in [0, 0.05) is 0 Å². The summed E-state index contributed by atoms with van der Waals surface area (Å²) in [5.74, 6) is -1.13. The second-order valence-corrected chi connectivity index (χ2v) is 7.93. The van der Waals surface area contributed by atoms with Gasteiger partial charge < -0.3 is 10.6 Å². The molecule has 0 aliphatic heterocycles. The highest BCUT2D eigenvalue weighted by atomic mass is 16.2. The summed E-state index contributed by atoms with van der Waals surface area (Å²) in [4.78, 5) is 63.8. The van der Waals surface area contributed by atoms with E-state index in [1.54, 1.807) is 18.2 Å². The van der Waals surface area contributed by atoms with E-state index in [9.17, 15) is 24.0 Å². The normalized spacial score (nSPS) is 11.4. The molecule has 1 aromatic heterocycles. The largest absolute Gasteiger partial charge is 0.345 e. The van der Waals surface area contributed by atoms with E-state index in [-0.39, 0.29) is 30.4 Å². The van der Waals surface area contributed by atoms with E-state index in [0.29, 0.717) is 4.57 Å². The van der Waals surface area contributed by atoms with Gasteiger partial charge in [0.2, 0.25) is 5.91 Å². The number of nitrogens with zero attached hydrogens (tertiary/aromatic N) is 3. The molecule has 10 heteroatoms. The molecule has 186 valence electrons. The third kappa shape index (κ3) is 5.66. The first-order chi connectivity index (χ1) is 17.3. The van der Waals surface area contributed by atoms with Crippen LogP contribution in [0, 0.1) is 0 Å². The van der Waals surface area contributed by atoms with Crippen LogP contribution in [0.4, 0.5) is 5.69 Å². The minimum absolute atomic E-state index is 0.140. The van der Waals surface area contributed by atoms with Crippen molar-refractivity contribution in [2.24, 2.45) is 0 Å². The maximum absolute atomic E-state index is 12.9. The van der Waals surface area contributed by atoms with Crippen molar-refractivity contribution in [2.75, 3.05) is 5.32 Å². The van der Waals surface area contributed by atoms with Gasteiger partial charge in [0.25, 0.3) is 5.91 Å². The first-order valence-electron chi connectivity index (χ1n) is 11.2. The second-order valence-electron chi connectivity index (χ2n) is 7.93. The molecule has 0 spiro atoms. The molecule has 0 bridgehead atoms. The molecular weight excluding hydrogens is 462 g/mol. The third-order valence-electron chi connectivity index (χ3n) is 5.40. The molecule has 3 rings (SSSR count). The summed E-state index contributed by atoms with van der Waals surface area (Å²) in [6, 6.07) is 15.5. The van der Waals surface area contributed by atoms with Crippen molar-refractivity contribution in [1.29, 1.82) is 0 Å². The van der Waals surface area contributed by atoms with Crippen LogP contribution < -0.4 is 27.7 Å². The van der Waals surface area contributed by atoms with Gasteiger partial charge >= 0.3 is 17.1 Å². The quantitative estimate of drug-likeness (QED) is 0.419. The number of para-hydroxylation sites is 1. The monoisotopic (exact) mass is 489 g/mol. The topological polar surface area (TPSA) is 124 Å². The molecule has 36 heavy (non-hydrogen) atoms. The summed E-state index contributed by atoms with van der Waals surface area (Å²) in [7, 11) is 0. The Kier molecular flexibility index (Phi) is 8.35. The molecule has 2 amide bonds. The number of rotatable bonds is 10. The minimum Gasteiger partial charge on any atom is -0.345 e. The van der Waals surface area contributed by atoms with Gasteiger partial charge in [-0.1, -0.05) is 54.6 Å². The maximum atomic E-state index is 12.9. The maximum Gasteiger partial charge on any atom is 0.337 e. The second kappa shape index (κ2) is 11.6.